The van der Waals surface area contributed by atoms with Gasteiger partial charge in [-0.2, -0.15) is 13.2 Å². The van der Waals surface area contributed by atoms with E-state index in [1.807, 2.05) is 0 Å². The van der Waals surface area contributed by atoms with Crippen LogP contribution in [-0.4, -0.2) is 36.0 Å². The van der Waals surface area contributed by atoms with E-state index in [-0.39, 0.29) is 18.7 Å². The summed E-state index contributed by atoms with van der Waals surface area (Å²) in [6.45, 7) is 4.00. The molecule has 0 heterocycles. The molecule has 0 bridgehead atoms. The van der Waals surface area contributed by atoms with Gasteiger partial charge in [0, 0.05) is 6.42 Å². The van der Waals surface area contributed by atoms with Crippen LogP contribution < -0.4 is 0 Å². The van der Waals surface area contributed by atoms with Crippen molar-refractivity contribution in [1.82, 2.24) is 4.90 Å². The van der Waals surface area contributed by atoms with E-state index in [9.17, 15) is 18.0 Å². The molecule has 0 N–H and O–H groups in total. The maximum Gasteiger partial charge on any atom is 0.401 e. The lowest BCUT2D eigenvalue weighted by atomic mass is 10.1. The maximum atomic E-state index is 12.1. The average Bonchev–Trinajstić information content (AvgIpc) is 2.10. The lowest BCUT2D eigenvalue weighted by Crippen LogP contribution is -2.44. The Morgan fingerprint density at radius 3 is 2.14 bits per heavy atom. The smallest absolute Gasteiger partial charge is 0.298 e. The Morgan fingerprint density at radius 2 is 1.86 bits per heavy atom. The zero-order valence-electron chi connectivity index (χ0n) is 8.69. The number of nitrogens with zero attached hydrogens (tertiary/aromatic N) is 1. The zero-order valence-corrected chi connectivity index (χ0v) is 8.69. The summed E-state index contributed by atoms with van der Waals surface area (Å²) < 4.78 is 36.2. The molecule has 14 heavy (non-hydrogen) atoms. The minimum Gasteiger partial charge on any atom is -0.298 e. The summed E-state index contributed by atoms with van der Waals surface area (Å²) in [5, 5.41) is 0. The molecule has 1 unspecified atom stereocenters. The third-order valence-electron chi connectivity index (χ3n) is 2.15. The van der Waals surface area contributed by atoms with Gasteiger partial charge in [0.15, 0.2) is 0 Å². The molecule has 0 aliphatic heterocycles. The van der Waals surface area contributed by atoms with Crippen LogP contribution in [0.25, 0.3) is 0 Å². The lowest BCUT2D eigenvalue weighted by Gasteiger charge is -2.27. The van der Waals surface area contributed by atoms with E-state index in [0.29, 0.717) is 0 Å². The molecule has 0 fully saturated rings. The summed E-state index contributed by atoms with van der Waals surface area (Å²) in [4.78, 5) is 12.3. The first-order valence-electron chi connectivity index (χ1n) is 4.65. The van der Waals surface area contributed by atoms with Gasteiger partial charge >= 0.3 is 6.18 Å². The first-order chi connectivity index (χ1) is 6.31. The van der Waals surface area contributed by atoms with Gasteiger partial charge in [-0.15, -0.1) is 0 Å². The molecular weight excluding hydrogens is 195 g/mol. The maximum absolute atomic E-state index is 12.1. The van der Waals surface area contributed by atoms with Crippen LogP contribution in [0.1, 0.15) is 27.2 Å². The van der Waals surface area contributed by atoms with Crippen molar-refractivity contribution >= 4 is 5.78 Å². The molecular formula is C9H16F3NO. The number of hydrogen-bond acceptors (Lipinski definition) is 2. The number of carbonyl (C=O) groups is 1. The quantitative estimate of drug-likeness (QED) is 0.695. The summed E-state index contributed by atoms with van der Waals surface area (Å²) in [5.41, 5.74) is 0. The molecule has 0 amide bonds. The molecule has 0 saturated carbocycles. The number of carbonyl (C=O) groups excluding carboxylic acids is 1. The van der Waals surface area contributed by atoms with Gasteiger partial charge in [0.25, 0.3) is 0 Å². The van der Waals surface area contributed by atoms with Gasteiger partial charge in [-0.1, -0.05) is 13.8 Å². The summed E-state index contributed by atoms with van der Waals surface area (Å²) >= 11 is 0. The van der Waals surface area contributed by atoms with E-state index in [1.165, 1.54) is 6.92 Å². The van der Waals surface area contributed by atoms with E-state index in [2.05, 4.69) is 0 Å². The van der Waals surface area contributed by atoms with E-state index < -0.39 is 18.8 Å². The number of likely N-dealkylation sites (N-methyl/N-ethyl adjacent to an activating group) is 1. The van der Waals surface area contributed by atoms with Gasteiger partial charge in [-0.3, -0.25) is 9.69 Å². The fourth-order valence-electron chi connectivity index (χ4n) is 1.25. The van der Waals surface area contributed by atoms with Crippen LogP contribution in [0, 0.1) is 0 Å². The normalized spacial score (nSPS) is 14.5. The van der Waals surface area contributed by atoms with Crippen molar-refractivity contribution in [2.45, 2.75) is 39.4 Å². The van der Waals surface area contributed by atoms with E-state index >= 15 is 0 Å². The monoisotopic (exact) mass is 211 g/mol. The SMILES string of the molecule is CCC(=O)C(C)N(CC)CC(F)(F)F. The van der Waals surface area contributed by atoms with Crippen molar-refractivity contribution in [3.05, 3.63) is 0 Å². The van der Waals surface area contributed by atoms with Crippen molar-refractivity contribution in [3.63, 3.8) is 0 Å². The fraction of sp³-hybridized carbons (Fsp3) is 0.889. The predicted molar refractivity (Wildman–Crippen MR) is 48.1 cm³/mol. The van der Waals surface area contributed by atoms with Gasteiger partial charge in [0.1, 0.15) is 5.78 Å². The van der Waals surface area contributed by atoms with Gasteiger partial charge in [-0.25, -0.2) is 0 Å². The van der Waals surface area contributed by atoms with Crippen LogP contribution in [0.3, 0.4) is 0 Å². The van der Waals surface area contributed by atoms with Crippen LogP contribution in [0.4, 0.5) is 13.2 Å². The summed E-state index contributed by atoms with van der Waals surface area (Å²) in [5.74, 6) is -0.156. The van der Waals surface area contributed by atoms with Gasteiger partial charge in [0.05, 0.1) is 12.6 Å². The molecule has 0 aromatic rings. The summed E-state index contributed by atoms with van der Waals surface area (Å²) in [6, 6.07) is -0.647. The number of hydrogen-bond donors (Lipinski definition) is 0. The predicted octanol–water partition coefficient (Wildman–Crippen LogP) is 2.24. The van der Waals surface area contributed by atoms with Gasteiger partial charge in [0.2, 0.25) is 0 Å². The Bertz CT molecular complexity index is 191. The first-order valence-corrected chi connectivity index (χ1v) is 4.65. The molecule has 0 aromatic heterocycles. The topological polar surface area (TPSA) is 20.3 Å². The average molecular weight is 211 g/mol. The van der Waals surface area contributed by atoms with Crippen molar-refractivity contribution in [3.8, 4) is 0 Å². The van der Waals surface area contributed by atoms with Gasteiger partial charge < -0.3 is 0 Å². The largest absolute Gasteiger partial charge is 0.401 e. The number of rotatable bonds is 5. The number of ketones is 1. The van der Waals surface area contributed by atoms with Crippen LogP contribution >= 0.6 is 0 Å². The van der Waals surface area contributed by atoms with Crippen LogP contribution in [0.2, 0.25) is 0 Å². The lowest BCUT2D eigenvalue weighted by molar-refractivity contribution is -0.153. The summed E-state index contributed by atoms with van der Waals surface area (Å²) in [7, 11) is 0. The minimum absolute atomic E-state index is 0.156. The highest BCUT2D eigenvalue weighted by molar-refractivity contribution is 5.83. The van der Waals surface area contributed by atoms with Crippen LogP contribution in [0.5, 0.6) is 0 Å². The highest BCUT2D eigenvalue weighted by Crippen LogP contribution is 2.18. The standard InChI is InChI=1S/C9H16F3NO/c1-4-8(14)7(3)13(5-2)6-9(10,11)12/h7H,4-6H2,1-3H3. The first kappa shape index (κ1) is 13.4. The van der Waals surface area contributed by atoms with E-state index in [1.54, 1.807) is 13.8 Å². The van der Waals surface area contributed by atoms with Gasteiger partial charge in [-0.05, 0) is 13.5 Å². The van der Waals surface area contributed by atoms with Crippen LogP contribution in [-0.2, 0) is 4.79 Å². The molecule has 1 atom stereocenters. The number of Topliss-reactive ketones (excluding diaryl/α,β-unsaturated/α-hetero) is 1. The molecule has 0 rings (SSSR count). The molecule has 2 nitrogen and oxygen atoms in total. The molecule has 0 aromatic carbocycles. The van der Waals surface area contributed by atoms with Crippen LogP contribution in [0.15, 0.2) is 0 Å². The number of alkyl halides is 3. The Hall–Kier alpha value is -0.580. The third-order valence-corrected chi connectivity index (χ3v) is 2.15. The van der Waals surface area contributed by atoms with E-state index in [4.69, 9.17) is 0 Å². The zero-order chi connectivity index (χ0) is 11.4. The molecule has 0 radical (unpaired) electrons. The molecule has 84 valence electrons. The fourth-order valence-corrected chi connectivity index (χ4v) is 1.25. The van der Waals surface area contributed by atoms with Crippen molar-refractivity contribution in [2.24, 2.45) is 0 Å². The molecule has 0 aliphatic carbocycles. The molecule has 0 spiro atoms. The Kier molecular flexibility index (Phi) is 5.12. The Balaban J connectivity index is 4.33. The highest BCUT2D eigenvalue weighted by Gasteiger charge is 2.33. The van der Waals surface area contributed by atoms with Crippen molar-refractivity contribution in [2.75, 3.05) is 13.1 Å². The van der Waals surface area contributed by atoms with E-state index in [0.717, 1.165) is 4.90 Å². The second-order valence-electron chi connectivity index (χ2n) is 3.17. The third kappa shape index (κ3) is 4.60. The van der Waals surface area contributed by atoms with Crippen molar-refractivity contribution < 1.29 is 18.0 Å². The number of halogens is 3. The molecule has 5 heteroatoms. The second kappa shape index (κ2) is 5.34. The second-order valence-corrected chi connectivity index (χ2v) is 3.17. The molecule has 0 saturated heterocycles. The highest BCUT2D eigenvalue weighted by atomic mass is 19.4. The minimum atomic E-state index is -4.24. The Labute approximate surface area is 82.1 Å². The summed E-state index contributed by atoms with van der Waals surface area (Å²) in [6.07, 6.45) is -3.96. The Morgan fingerprint density at radius 1 is 1.36 bits per heavy atom. The van der Waals surface area contributed by atoms with Crippen molar-refractivity contribution in [1.29, 1.82) is 0 Å². The molecule has 0 aliphatic rings.